The van der Waals surface area contributed by atoms with Crippen LogP contribution in [0.5, 0.6) is 5.75 Å². The molecule has 3 aromatic heterocycles. The van der Waals surface area contributed by atoms with E-state index < -0.39 is 0 Å². The van der Waals surface area contributed by atoms with Crippen LogP contribution in [0.3, 0.4) is 0 Å². The van der Waals surface area contributed by atoms with E-state index in [-0.39, 0.29) is 24.4 Å². The second-order valence-corrected chi connectivity index (χ2v) is 8.43. The van der Waals surface area contributed by atoms with Crippen LogP contribution < -0.4 is 10.1 Å². The van der Waals surface area contributed by atoms with E-state index in [9.17, 15) is 9.59 Å². The molecule has 9 heteroatoms. The first-order valence-electron chi connectivity index (χ1n) is 11.6. The minimum atomic E-state index is -0.314. The maximum Gasteiger partial charge on any atom is 0.255 e. The number of carbonyl (C=O) groups excluding carboxylic acids is 2. The molecule has 0 saturated carbocycles. The van der Waals surface area contributed by atoms with Gasteiger partial charge in [0.25, 0.3) is 5.91 Å². The van der Waals surface area contributed by atoms with E-state index in [2.05, 4.69) is 10.4 Å². The van der Waals surface area contributed by atoms with Crippen molar-refractivity contribution in [3.8, 4) is 17.2 Å². The predicted octanol–water partition coefficient (Wildman–Crippen LogP) is 4.77. The van der Waals surface area contributed by atoms with Crippen LogP contribution in [0.25, 0.3) is 22.5 Å². The van der Waals surface area contributed by atoms with Gasteiger partial charge in [-0.2, -0.15) is 5.10 Å². The predicted molar refractivity (Wildman–Crippen MR) is 133 cm³/mol. The van der Waals surface area contributed by atoms with Gasteiger partial charge in [0.15, 0.2) is 11.4 Å². The second-order valence-electron chi connectivity index (χ2n) is 8.43. The molecule has 0 radical (unpaired) electrons. The van der Waals surface area contributed by atoms with E-state index >= 15 is 0 Å². The maximum atomic E-state index is 13.8. The molecule has 182 valence electrons. The van der Waals surface area contributed by atoms with Gasteiger partial charge in [-0.3, -0.25) is 9.59 Å². The third kappa shape index (κ3) is 5.03. The standard InChI is InChI=1S/C26H29N5O4/c1-5-12-30(16-24(32)28-20-9-6-7-10-22(20)34-4)26(33)18-14-21(23-11-8-13-35-23)29-25-19(18)15-27-31(25)17(2)3/h6-11,13-15,17H,5,12,16H2,1-4H3,(H,28,32). The van der Waals surface area contributed by atoms with E-state index in [1.54, 1.807) is 54.6 Å². The number of aromatic nitrogens is 3. The molecule has 0 atom stereocenters. The van der Waals surface area contributed by atoms with Crippen molar-refractivity contribution in [1.82, 2.24) is 19.7 Å². The third-order valence-electron chi connectivity index (χ3n) is 5.56. The number of benzene rings is 1. The zero-order valence-corrected chi connectivity index (χ0v) is 20.3. The van der Waals surface area contributed by atoms with Crippen molar-refractivity contribution < 1.29 is 18.7 Å². The minimum absolute atomic E-state index is 0.0492. The summed E-state index contributed by atoms with van der Waals surface area (Å²) in [5, 5.41) is 7.94. The van der Waals surface area contributed by atoms with Crippen molar-refractivity contribution in [3.63, 3.8) is 0 Å². The van der Waals surface area contributed by atoms with Gasteiger partial charge >= 0.3 is 0 Å². The molecule has 4 rings (SSSR count). The quantitative estimate of drug-likeness (QED) is 0.374. The van der Waals surface area contributed by atoms with Crippen molar-refractivity contribution in [2.75, 3.05) is 25.5 Å². The Bertz CT molecular complexity index is 1330. The third-order valence-corrected chi connectivity index (χ3v) is 5.56. The van der Waals surface area contributed by atoms with Gasteiger partial charge in [0.05, 0.1) is 36.2 Å². The first kappa shape index (κ1) is 24.0. The van der Waals surface area contributed by atoms with E-state index in [1.807, 2.05) is 32.9 Å². The molecule has 35 heavy (non-hydrogen) atoms. The highest BCUT2D eigenvalue weighted by Crippen LogP contribution is 2.28. The summed E-state index contributed by atoms with van der Waals surface area (Å²) in [6.07, 6.45) is 3.91. The Morgan fingerprint density at radius 1 is 1.20 bits per heavy atom. The summed E-state index contributed by atoms with van der Waals surface area (Å²) < 4.78 is 12.6. The maximum absolute atomic E-state index is 13.8. The van der Waals surface area contributed by atoms with E-state index in [0.29, 0.717) is 52.5 Å². The van der Waals surface area contributed by atoms with Gasteiger partial charge in [-0.25, -0.2) is 9.67 Å². The monoisotopic (exact) mass is 475 g/mol. The smallest absolute Gasteiger partial charge is 0.255 e. The van der Waals surface area contributed by atoms with Gasteiger partial charge in [-0.1, -0.05) is 19.1 Å². The van der Waals surface area contributed by atoms with Crippen LogP contribution in [0, 0.1) is 0 Å². The Balaban J connectivity index is 1.68. The van der Waals surface area contributed by atoms with Crippen LogP contribution in [0.1, 0.15) is 43.6 Å². The van der Waals surface area contributed by atoms with E-state index in [0.717, 1.165) is 0 Å². The number of methoxy groups -OCH3 is 1. The lowest BCUT2D eigenvalue weighted by atomic mass is 10.1. The Kier molecular flexibility index (Phi) is 7.14. The molecule has 2 amide bonds. The molecule has 0 saturated heterocycles. The molecule has 0 unspecified atom stereocenters. The van der Waals surface area contributed by atoms with Crippen molar-refractivity contribution in [2.24, 2.45) is 0 Å². The normalized spacial score (nSPS) is 11.1. The van der Waals surface area contributed by atoms with Crippen LogP contribution in [0.4, 0.5) is 5.69 Å². The van der Waals surface area contributed by atoms with E-state index in [4.69, 9.17) is 14.1 Å². The highest BCUT2D eigenvalue weighted by atomic mass is 16.5. The molecule has 0 aliphatic heterocycles. The Labute approximate surface area is 203 Å². The Morgan fingerprint density at radius 3 is 2.69 bits per heavy atom. The van der Waals surface area contributed by atoms with Gasteiger partial charge in [-0.05, 0) is 50.6 Å². The number of ether oxygens (including phenoxy) is 1. The molecule has 0 spiro atoms. The zero-order valence-electron chi connectivity index (χ0n) is 20.3. The molecule has 0 aliphatic carbocycles. The van der Waals surface area contributed by atoms with Crippen LogP contribution in [0.2, 0.25) is 0 Å². The lowest BCUT2D eigenvalue weighted by molar-refractivity contribution is -0.116. The topological polar surface area (TPSA) is 102 Å². The van der Waals surface area contributed by atoms with Crippen molar-refractivity contribution in [1.29, 1.82) is 0 Å². The number of rotatable bonds is 9. The molecule has 0 bridgehead atoms. The first-order valence-corrected chi connectivity index (χ1v) is 11.6. The van der Waals surface area contributed by atoms with Gasteiger partial charge in [-0.15, -0.1) is 0 Å². The fourth-order valence-electron chi connectivity index (χ4n) is 3.93. The zero-order chi connectivity index (χ0) is 24.9. The Morgan fingerprint density at radius 2 is 2.00 bits per heavy atom. The fourth-order valence-corrected chi connectivity index (χ4v) is 3.93. The van der Waals surface area contributed by atoms with Crippen LogP contribution in [0.15, 0.2) is 59.3 Å². The summed E-state index contributed by atoms with van der Waals surface area (Å²) in [4.78, 5) is 33.0. The average Bonchev–Trinajstić information content (AvgIpc) is 3.53. The number of carbonyl (C=O) groups is 2. The van der Waals surface area contributed by atoms with Crippen LogP contribution >= 0.6 is 0 Å². The number of anilines is 1. The summed E-state index contributed by atoms with van der Waals surface area (Å²) in [7, 11) is 1.54. The van der Waals surface area contributed by atoms with Crippen molar-refractivity contribution in [2.45, 2.75) is 33.2 Å². The summed E-state index contributed by atoms with van der Waals surface area (Å²) in [6.45, 7) is 6.27. The highest BCUT2D eigenvalue weighted by Gasteiger charge is 2.24. The fraction of sp³-hybridized carbons (Fsp3) is 0.308. The molecule has 1 N–H and O–H groups in total. The number of pyridine rings is 1. The van der Waals surface area contributed by atoms with Crippen LogP contribution in [-0.4, -0.2) is 51.7 Å². The average molecular weight is 476 g/mol. The SMILES string of the molecule is CCCN(CC(=O)Nc1ccccc1OC)C(=O)c1cc(-c2ccco2)nc2c1cnn2C(C)C. The minimum Gasteiger partial charge on any atom is -0.495 e. The molecular weight excluding hydrogens is 446 g/mol. The van der Waals surface area contributed by atoms with Crippen LogP contribution in [-0.2, 0) is 4.79 Å². The lowest BCUT2D eigenvalue weighted by Gasteiger charge is -2.22. The molecule has 1 aromatic carbocycles. The molecular formula is C26H29N5O4. The number of furan rings is 1. The summed E-state index contributed by atoms with van der Waals surface area (Å²) >= 11 is 0. The highest BCUT2D eigenvalue weighted by molar-refractivity contribution is 6.08. The summed E-state index contributed by atoms with van der Waals surface area (Å²) in [5.41, 5.74) is 2.09. The second kappa shape index (κ2) is 10.4. The van der Waals surface area contributed by atoms with Crippen molar-refractivity contribution in [3.05, 3.63) is 60.5 Å². The first-order chi connectivity index (χ1) is 16.9. The molecule has 4 aromatic rings. The number of para-hydroxylation sites is 2. The number of hydrogen-bond donors (Lipinski definition) is 1. The largest absolute Gasteiger partial charge is 0.495 e. The summed E-state index contributed by atoms with van der Waals surface area (Å²) in [5.74, 6) is 0.513. The van der Waals surface area contributed by atoms with Gasteiger partial charge in [0.2, 0.25) is 5.91 Å². The number of fused-ring (bicyclic) bond motifs is 1. The molecule has 9 nitrogen and oxygen atoms in total. The molecule has 0 fully saturated rings. The Hall–Kier alpha value is -4.14. The molecule has 3 heterocycles. The van der Waals surface area contributed by atoms with Gasteiger partial charge in [0.1, 0.15) is 18.0 Å². The van der Waals surface area contributed by atoms with Gasteiger partial charge in [0, 0.05) is 12.6 Å². The summed E-state index contributed by atoms with van der Waals surface area (Å²) in [6, 6.07) is 12.5. The number of nitrogens with one attached hydrogen (secondary N) is 1. The lowest BCUT2D eigenvalue weighted by Crippen LogP contribution is -2.38. The molecule has 0 aliphatic rings. The number of amides is 2. The number of nitrogens with zero attached hydrogens (tertiary/aromatic N) is 4. The van der Waals surface area contributed by atoms with Gasteiger partial charge < -0.3 is 19.4 Å². The van der Waals surface area contributed by atoms with Crippen molar-refractivity contribution >= 4 is 28.5 Å². The van der Waals surface area contributed by atoms with E-state index in [1.165, 1.54) is 4.90 Å². The number of hydrogen-bond acceptors (Lipinski definition) is 6.